The van der Waals surface area contributed by atoms with Gasteiger partial charge in [-0.3, -0.25) is 4.70 Å². The lowest BCUT2D eigenvalue weighted by molar-refractivity contribution is 1.11. The molecule has 200 valence electrons. The molecule has 8 nitrogen and oxygen atoms in total. The molecule has 2 N–H and O–H groups in total. The Kier molecular flexibility index (Phi) is 5.90. The van der Waals surface area contributed by atoms with Gasteiger partial charge in [0, 0.05) is 43.8 Å². The first-order valence-electron chi connectivity index (χ1n) is 13.0. The van der Waals surface area contributed by atoms with Gasteiger partial charge < -0.3 is 9.97 Å². The van der Waals surface area contributed by atoms with Crippen molar-refractivity contribution < 1.29 is 4.70 Å². The molecule has 0 aliphatic carbocycles. The van der Waals surface area contributed by atoms with Gasteiger partial charge in [0.15, 0.2) is 40.7 Å². The van der Waals surface area contributed by atoms with E-state index in [0.717, 1.165) is 43.8 Å². The van der Waals surface area contributed by atoms with Crippen molar-refractivity contribution in [2.75, 3.05) is 0 Å². The van der Waals surface area contributed by atoms with E-state index < -0.39 is 0 Å². The predicted octanol–water partition coefficient (Wildman–Crippen LogP) is 5.84. The largest absolute Gasteiger partial charge is 0.324 e. The van der Waals surface area contributed by atoms with Gasteiger partial charge in [0.1, 0.15) is 22.6 Å². The number of benzene rings is 4. The highest BCUT2D eigenvalue weighted by Gasteiger charge is 2.21. The summed E-state index contributed by atoms with van der Waals surface area (Å²) in [5, 5.41) is 3.82. The third-order valence-corrected chi connectivity index (χ3v) is 7.46. The quantitative estimate of drug-likeness (QED) is 0.224. The number of aromatic nitrogens is 8. The molecule has 0 unspecified atom stereocenters. The van der Waals surface area contributed by atoms with Crippen molar-refractivity contribution in [1.29, 1.82) is 0 Å². The van der Waals surface area contributed by atoms with Crippen molar-refractivity contribution >= 4 is 61.5 Å². The molecule has 0 radical (unpaired) electrons. The molecule has 0 atom stereocenters. The van der Waals surface area contributed by atoms with E-state index in [-0.39, 0.29) is 22.1 Å². The molecular formula is C32H22AlFN8. The number of nitrogens with one attached hydrogen (secondary N) is 2. The van der Waals surface area contributed by atoms with E-state index >= 15 is 0 Å². The maximum Gasteiger partial charge on any atom is 0.187 e. The van der Waals surface area contributed by atoms with Crippen LogP contribution in [0.4, 0.5) is 4.70 Å². The molecule has 5 heterocycles. The monoisotopic (exact) mass is 564 g/mol. The summed E-state index contributed by atoms with van der Waals surface area (Å²) in [6, 6.07) is 32.2. The lowest BCUT2D eigenvalue weighted by Gasteiger charge is -1.96. The average Bonchev–Trinajstić information content (AvgIpc) is 3.73. The van der Waals surface area contributed by atoms with Crippen LogP contribution in [0.3, 0.4) is 0 Å². The van der Waals surface area contributed by atoms with Gasteiger partial charge in [-0.25, -0.2) is 29.9 Å². The molecule has 0 saturated heterocycles. The van der Waals surface area contributed by atoms with Gasteiger partial charge in [0.25, 0.3) is 0 Å². The number of H-pyrrole nitrogens is 2. The normalized spacial score (nSPS) is 11.4. The standard InChI is InChI=1S/C32H18N8.Al.FH.3H/c1-2-10-18-17(9-1)25-33-26(18)38-28-21-13-5-6-14-22(21)30(35-28)40-32-24-16-8-7-15-23(24)31(36-32)39-29-20-12-4-3-11-19(20)27(34-29)37-25;;;;;/h1-16H,(H2,33,34,35,36,37,38,39,40);;1H;;;. The molecule has 0 saturated carbocycles. The Bertz CT molecular complexity index is 2040. The van der Waals surface area contributed by atoms with E-state index in [9.17, 15) is 0 Å². The molecule has 4 aromatic carbocycles. The SMILES string of the molecule is F.[AlH3].c1ccc2c(c1)-c1nc-2nc2[nH]c(nc3nc(nc4[nH]c(n1)c1ccccc41)-c1ccccc1-3)c1ccccc21. The maximum atomic E-state index is 5.02. The highest BCUT2D eigenvalue weighted by atomic mass is 27.0. The Morgan fingerprint density at radius 1 is 0.333 bits per heavy atom. The minimum absolute atomic E-state index is 0. The fourth-order valence-corrected chi connectivity index (χ4v) is 5.59. The van der Waals surface area contributed by atoms with Crippen molar-refractivity contribution in [2.45, 2.75) is 0 Å². The van der Waals surface area contributed by atoms with Crippen LogP contribution >= 0.6 is 0 Å². The van der Waals surface area contributed by atoms with E-state index in [4.69, 9.17) is 29.9 Å². The molecule has 8 bridgehead atoms. The van der Waals surface area contributed by atoms with E-state index in [1.165, 1.54) is 0 Å². The van der Waals surface area contributed by atoms with Gasteiger partial charge in [-0.2, -0.15) is 0 Å². The molecule has 0 fully saturated rings. The summed E-state index contributed by atoms with van der Waals surface area (Å²) < 4.78 is 0. The Hall–Kier alpha value is -5.30. The van der Waals surface area contributed by atoms with Gasteiger partial charge in [-0.1, -0.05) is 97.1 Å². The minimum Gasteiger partial charge on any atom is -0.324 e. The van der Waals surface area contributed by atoms with Gasteiger partial charge in [-0.05, 0) is 0 Å². The van der Waals surface area contributed by atoms with Crippen LogP contribution in [0.5, 0.6) is 0 Å². The lowest BCUT2D eigenvalue weighted by Crippen LogP contribution is -1.82. The van der Waals surface area contributed by atoms with Crippen LogP contribution in [0.15, 0.2) is 97.1 Å². The number of halogens is 1. The van der Waals surface area contributed by atoms with E-state index in [1.54, 1.807) is 0 Å². The second kappa shape index (κ2) is 9.66. The van der Waals surface area contributed by atoms with Gasteiger partial charge in [0.05, 0.1) is 0 Å². The summed E-state index contributed by atoms with van der Waals surface area (Å²) in [6.45, 7) is 0. The van der Waals surface area contributed by atoms with Crippen LogP contribution in [0.1, 0.15) is 0 Å². The highest BCUT2D eigenvalue weighted by Crippen LogP contribution is 2.36. The molecular weight excluding hydrogens is 542 g/mol. The third kappa shape index (κ3) is 3.74. The Morgan fingerprint density at radius 3 is 0.833 bits per heavy atom. The zero-order valence-electron chi connectivity index (χ0n) is 21.3. The smallest absolute Gasteiger partial charge is 0.187 e. The molecule has 2 aliphatic rings. The molecule has 2 aliphatic heterocycles. The van der Waals surface area contributed by atoms with Crippen molar-refractivity contribution in [2.24, 2.45) is 0 Å². The van der Waals surface area contributed by atoms with E-state index in [0.29, 0.717) is 45.9 Å². The van der Waals surface area contributed by atoms with Crippen molar-refractivity contribution in [3.8, 4) is 45.6 Å². The molecule has 0 spiro atoms. The molecule has 42 heavy (non-hydrogen) atoms. The van der Waals surface area contributed by atoms with E-state index in [2.05, 4.69) is 9.97 Å². The average molecular weight is 565 g/mol. The van der Waals surface area contributed by atoms with Crippen molar-refractivity contribution in [1.82, 2.24) is 39.9 Å². The van der Waals surface area contributed by atoms with Crippen molar-refractivity contribution in [3.63, 3.8) is 0 Å². The summed E-state index contributed by atoms with van der Waals surface area (Å²) >= 11 is 0. The Labute approximate surface area is 248 Å². The number of hydrogen-bond acceptors (Lipinski definition) is 6. The molecule has 9 rings (SSSR count). The number of rotatable bonds is 0. The van der Waals surface area contributed by atoms with Crippen LogP contribution in [0, 0.1) is 0 Å². The molecule has 10 heteroatoms. The summed E-state index contributed by atoms with van der Waals surface area (Å²) in [7, 11) is 0. The van der Waals surface area contributed by atoms with Gasteiger partial charge in [-0.15, -0.1) is 0 Å². The lowest BCUT2D eigenvalue weighted by atomic mass is 10.1. The topological polar surface area (TPSA) is 109 Å². The van der Waals surface area contributed by atoms with Gasteiger partial charge >= 0.3 is 0 Å². The van der Waals surface area contributed by atoms with Crippen molar-refractivity contribution in [3.05, 3.63) is 97.1 Å². The van der Waals surface area contributed by atoms with Crippen LogP contribution in [-0.2, 0) is 0 Å². The zero-order valence-corrected chi connectivity index (χ0v) is 21.3. The number of nitrogens with zero attached hydrogens (tertiary/aromatic N) is 6. The number of fused-ring (bicyclic) bond motifs is 20. The zero-order chi connectivity index (χ0) is 26.2. The van der Waals surface area contributed by atoms with Crippen LogP contribution in [-0.4, -0.2) is 57.2 Å². The predicted molar refractivity (Wildman–Crippen MR) is 168 cm³/mol. The minimum atomic E-state index is 0. The summed E-state index contributed by atoms with van der Waals surface area (Å²) in [6.07, 6.45) is 0. The summed E-state index contributed by atoms with van der Waals surface area (Å²) in [4.78, 5) is 36.8. The number of aromatic amines is 2. The van der Waals surface area contributed by atoms with Gasteiger partial charge in [0.2, 0.25) is 0 Å². The summed E-state index contributed by atoms with van der Waals surface area (Å²) in [5.74, 6) is 2.39. The second-order valence-corrected chi connectivity index (χ2v) is 9.79. The second-order valence-electron chi connectivity index (χ2n) is 9.79. The highest BCUT2D eigenvalue weighted by molar-refractivity contribution is 6.06. The molecule has 0 amide bonds. The first kappa shape index (κ1) is 25.7. The Balaban J connectivity index is 0.00000144. The number of hydrogen-bond donors (Lipinski definition) is 2. The van der Waals surface area contributed by atoms with E-state index in [1.807, 2.05) is 97.1 Å². The third-order valence-electron chi connectivity index (χ3n) is 7.46. The van der Waals surface area contributed by atoms with Crippen LogP contribution in [0.2, 0.25) is 0 Å². The maximum absolute atomic E-state index is 5.02. The molecule has 7 aromatic rings. The molecule has 3 aromatic heterocycles. The first-order chi connectivity index (χ1) is 19.8. The fourth-order valence-electron chi connectivity index (χ4n) is 5.59. The Morgan fingerprint density at radius 2 is 0.571 bits per heavy atom. The fraction of sp³-hybridized carbons (Fsp3) is 0. The van der Waals surface area contributed by atoms with Crippen LogP contribution in [0.25, 0.3) is 89.7 Å². The van der Waals surface area contributed by atoms with Crippen LogP contribution < -0.4 is 0 Å². The summed E-state index contributed by atoms with van der Waals surface area (Å²) in [5.41, 5.74) is 6.45. The first-order valence-corrected chi connectivity index (χ1v) is 13.0.